The predicted octanol–water partition coefficient (Wildman–Crippen LogP) is 2.73. The highest BCUT2D eigenvalue weighted by molar-refractivity contribution is 6.31. The minimum atomic E-state index is -1.04. The first kappa shape index (κ1) is 9.30. The van der Waals surface area contributed by atoms with E-state index in [1.165, 1.54) is 6.08 Å². The van der Waals surface area contributed by atoms with Crippen LogP contribution in [0.3, 0.4) is 0 Å². The van der Waals surface area contributed by atoms with Crippen LogP contribution in [0.1, 0.15) is 12.5 Å². The lowest BCUT2D eigenvalue weighted by atomic mass is 9.96. The van der Waals surface area contributed by atoms with E-state index in [-0.39, 0.29) is 0 Å². The topological polar surface area (TPSA) is 20.2 Å². The van der Waals surface area contributed by atoms with Crippen molar-refractivity contribution in [2.45, 2.75) is 12.5 Å². The summed E-state index contributed by atoms with van der Waals surface area (Å²) >= 11 is 5.88. The largest absolute Gasteiger partial charge is 0.381 e. The molecule has 0 unspecified atom stereocenters. The molecule has 0 spiro atoms. The highest BCUT2D eigenvalue weighted by Gasteiger charge is 2.20. The summed E-state index contributed by atoms with van der Waals surface area (Å²) in [6.07, 6.45) is 1.47. The molecule has 1 rings (SSSR count). The summed E-state index contributed by atoms with van der Waals surface area (Å²) < 4.78 is 0. The van der Waals surface area contributed by atoms with Crippen molar-refractivity contribution in [3.8, 4) is 0 Å². The van der Waals surface area contributed by atoms with Gasteiger partial charge in [-0.1, -0.05) is 42.5 Å². The van der Waals surface area contributed by atoms with Gasteiger partial charge in [-0.15, -0.1) is 0 Å². The molecule has 1 N–H and O–H groups in total. The number of hydrogen-bond donors (Lipinski definition) is 1. The van der Waals surface area contributed by atoms with E-state index in [0.717, 1.165) is 0 Å². The van der Waals surface area contributed by atoms with Crippen molar-refractivity contribution < 1.29 is 5.11 Å². The zero-order chi connectivity index (χ0) is 9.19. The summed E-state index contributed by atoms with van der Waals surface area (Å²) in [6, 6.07) is 7.18. The Balaban J connectivity index is 3.19. The maximum atomic E-state index is 9.77. The summed E-state index contributed by atoms with van der Waals surface area (Å²) in [6.45, 7) is 5.20. The van der Waals surface area contributed by atoms with Gasteiger partial charge in [-0.05, 0) is 13.0 Å². The second kappa shape index (κ2) is 3.30. The molecule has 12 heavy (non-hydrogen) atoms. The van der Waals surface area contributed by atoms with Gasteiger partial charge in [-0.2, -0.15) is 0 Å². The third-order valence-electron chi connectivity index (χ3n) is 1.82. The normalized spacial score (nSPS) is 15.2. The standard InChI is InChI=1S/C10H11ClO/c1-3-10(2,12)8-6-4-5-7-9(8)11/h3-7,12H,1H2,2H3/t10-/m0/s1. The van der Waals surface area contributed by atoms with Gasteiger partial charge in [0.2, 0.25) is 0 Å². The minimum absolute atomic E-state index is 0.558. The monoisotopic (exact) mass is 182 g/mol. The average Bonchev–Trinajstić information content (AvgIpc) is 2.05. The van der Waals surface area contributed by atoms with Gasteiger partial charge in [0.1, 0.15) is 5.60 Å². The summed E-state index contributed by atoms with van der Waals surface area (Å²) in [7, 11) is 0. The van der Waals surface area contributed by atoms with Gasteiger partial charge in [0.15, 0.2) is 0 Å². The zero-order valence-electron chi connectivity index (χ0n) is 6.92. The van der Waals surface area contributed by atoms with Crippen molar-refractivity contribution in [3.63, 3.8) is 0 Å². The molecule has 0 aliphatic heterocycles. The molecule has 0 saturated carbocycles. The molecule has 0 amide bonds. The smallest absolute Gasteiger partial charge is 0.106 e. The van der Waals surface area contributed by atoms with E-state index in [4.69, 9.17) is 11.6 Å². The third kappa shape index (κ3) is 1.68. The second-order valence-electron chi connectivity index (χ2n) is 2.83. The van der Waals surface area contributed by atoms with Gasteiger partial charge in [0.25, 0.3) is 0 Å². The van der Waals surface area contributed by atoms with E-state index in [1.54, 1.807) is 19.1 Å². The number of rotatable bonds is 2. The molecular weight excluding hydrogens is 172 g/mol. The lowest BCUT2D eigenvalue weighted by molar-refractivity contribution is 0.112. The Bertz CT molecular complexity index is 292. The quantitative estimate of drug-likeness (QED) is 0.698. The van der Waals surface area contributed by atoms with E-state index in [2.05, 4.69) is 6.58 Å². The number of hydrogen-bond acceptors (Lipinski definition) is 1. The fourth-order valence-electron chi connectivity index (χ4n) is 0.982. The first-order chi connectivity index (χ1) is 5.58. The molecule has 1 nitrogen and oxygen atoms in total. The molecule has 1 aromatic rings. The van der Waals surface area contributed by atoms with Crippen molar-refractivity contribution in [3.05, 3.63) is 47.5 Å². The van der Waals surface area contributed by atoms with Crippen LogP contribution in [0.15, 0.2) is 36.9 Å². The lowest BCUT2D eigenvalue weighted by Gasteiger charge is -2.19. The molecule has 0 aliphatic rings. The predicted molar refractivity (Wildman–Crippen MR) is 51.2 cm³/mol. The maximum Gasteiger partial charge on any atom is 0.106 e. The molecular formula is C10H11ClO. The fraction of sp³-hybridized carbons (Fsp3) is 0.200. The van der Waals surface area contributed by atoms with Crippen molar-refractivity contribution in [2.75, 3.05) is 0 Å². The van der Waals surface area contributed by atoms with Gasteiger partial charge in [-0.25, -0.2) is 0 Å². The third-order valence-corrected chi connectivity index (χ3v) is 2.15. The molecule has 0 radical (unpaired) electrons. The van der Waals surface area contributed by atoms with Crippen LogP contribution in [0, 0.1) is 0 Å². The Labute approximate surface area is 77.3 Å². The molecule has 0 aromatic heterocycles. The molecule has 0 heterocycles. The van der Waals surface area contributed by atoms with Crippen LogP contribution in [0.25, 0.3) is 0 Å². The highest BCUT2D eigenvalue weighted by Crippen LogP contribution is 2.28. The van der Waals surface area contributed by atoms with Gasteiger partial charge >= 0.3 is 0 Å². The summed E-state index contributed by atoms with van der Waals surface area (Å²) in [5.74, 6) is 0. The Morgan fingerprint density at radius 1 is 1.50 bits per heavy atom. The SMILES string of the molecule is C=C[C@](C)(O)c1ccccc1Cl. The van der Waals surface area contributed by atoms with Crippen molar-refractivity contribution in [2.24, 2.45) is 0 Å². The molecule has 0 fully saturated rings. The van der Waals surface area contributed by atoms with E-state index < -0.39 is 5.60 Å². The Hall–Kier alpha value is -0.790. The van der Waals surface area contributed by atoms with E-state index in [0.29, 0.717) is 10.6 Å². The zero-order valence-corrected chi connectivity index (χ0v) is 7.67. The van der Waals surface area contributed by atoms with E-state index in [9.17, 15) is 5.11 Å². The number of halogens is 1. The van der Waals surface area contributed by atoms with Crippen LogP contribution in [0.2, 0.25) is 5.02 Å². The van der Waals surface area contributed by atoms with Gasteiger partial charge in [-0.3, -0.25) is 0 Å². The van der Waals surface area contributed by atoms with Crippen LogP contribution in [-0.2, 0) is 5.60 Å². The minimum Gasteiger partial charge on any atom is -0.381 e. The van der Waals surface area contributed by atoms with Gasteiger partial charge < -0.3 is 5.11 Å². The highest BCUT2D eigenvalue weighted by atomic mass is 35.5. The first-order valence-corrected chi connectivity index (χ1v) is 4.06. The van der Waals surface area contributed by atoms with E-state index >= 15 is 0 Å². The van der Waals surface area contributed by atoms with E-state index in [1.807, 2.05) is 12.1 Å². The molecule has 0 aliphatic carbocycles. The summed E-state index contributed by atoms with van der Waals surface area (Å²) in [4.78, 5) is 0. The number of benzene rings is 1. The second-order valence-corrected chi connectivity index (χ2v) is 3.24. The first-order valence-electron chi connectivity index (χ1n) is 3.69. The molecule has 1 aromatic carbocycles. The Kier molecular flexibility index (Phi) is 2.55. The fourth-order valence-corrected chi connectivity index (χ4v) is 1.31. The van der Waals surface area contributed by atoms with Gasteiger partial charge in [0, 0.05) is 10.6 Å². The van der Waals surface area contributed by atoms with Crippen LogP contribution < -0.4 is 0 Å². The van der Waals surface area contributed by atoms with Crippen molar-refractivity contribution in [1.82, 2.24) is 0 Å². The molecule has 0 bridgehead atoms. The Morgan fingerprint density at radius 2 is 2.08 bits per heavy atom. The molecule has 0 saturated heterocycles. The van der Waals surface area contributed by atoms with Gasteiger partial charge in [0.05, 0.1) is 0 Å². The van der Waals surface area contributed by atoms with Crippen LogP contribution >= 0.6 is 11.6 Å². The van der Waals surface area contributed by atoms with Crippen LogP contribution in [0.5, 0.6) is 0 Å². The molecule has 64 valence electrons. The summed E-state index contributed by atoms with van der Waals surface area (Å²) in [5.41, 5.74) is -0.361. The molecule has 1 atom stereocenters. The van der Waals surface area contributed by atoms with Crippen LogP contribution in [0.4, 0.5) is 0 Å². The average molecular weight is 183 g/mol. The van der Waals surface area contributed by atoms with Crippen LogP contribution in [-0.4, -0.2) is 5.11 Å². The lowest BCUT2D eigenvalue weighted by Crippen LogP contribution is -2.17. The van der Waals surface area contributed by atoms with Crippen molar-refractivity contribution >= 4 is 11.6 Å². The number of aliphatic hydroxyl groups is 1. The Morgan fingerprint density at radius 3 is 2.58 bits per heavy atom. The summed E-state index contributed by atoms with van der Waals surface area (Å²) in [5, 5.41) is 10.3. The maximum absolute atomic E-state index is 9.77. The molecule has 2 heteroatoms. The van der Waals surface area contributed by atoms with Crippen molar-refractivity contribution in [1.29, 1.82) is 0 Å².